The Kier molecular flexibility index (Phi) is 5.31. The van der Waals surface area contributed by atoms with Gasteiger partial charge in [0.05, 0.1) is 0 Å². The van der Waals surface area contributed by atoms with Crippen molar-refractivity contribution >= 4 is 17.5 Å². The molecule has 0 spiro atoms. The summed E-state index contributed by atoms with van der Waals surface area (Å²) >= 11 is 0. The standard InChI is InChI=1S/C21H32N2O2/c1-13(2)15-9-8-10-16(14(3)4)17(15)22-18(24)21(11-12-21)19(25)23-20(5,6)7/h8-10,13-14H,11-12H2,1-7H3,(H,22,24)(H,23,25). The van der Waals surface area contributed by atoms with Crippen molar-refractivity contribution in [1.82, 2.24) is 5.32 Å². The molecular weight excluding hydrogens is 312 g/mol. The van der Waals surface area contributed by atoms with Crippen LogP contribution in [-0.4, -0.2) is 17.4 Å². The van der Waals surface area contributed by atoms with Crippen LogP contribution < -0.4 is 10.6 Å². The van der Waals surface area contributed by atoms with Crippen LogP contribution in [0.5, 0.6) is 0 Å². The summed E-state index contributed by atoms with van der Waals surface area (Å²) in [5.41, 5.74) is 1.86. The fourth-order valence-corrected chi connectivity index (χ4v) is 3.07. The van der Waals surface area contributed by atoms with Crippen molar-refractivity contribution in [3.8, 4) is 0 Å². The highest BCUT2D eigenvalue weighted by Crippen LogP contribution is 2.48. The third kappa shape index (κ3) is 4.23. The van der Waals surface area contributed by atoms with Crippen LogP contribution in [0.25, 0.3) is 0 Å². The summed E-state index contributed by atoms with van der Waals surface area (Å²) in [4.78, 5) is 25.6. The third-order valence-electron chi connectivity index (χ3n) is 4.72. The Balaban J connectivity index is 2.31. The average Bonchev–Trinajstić information content (AvgIpc) is 3.26. The number of anilines is 1. The Labute approximate surface area is 151 Å². The summed E-state index contributed by atoms with van der Waals surface area (Å²) in [7, 11) is 0. The molecule has 1 aliphatic carbocycles. The SMILES string of the molecule is CC(C)c1cccc(C(C)C)c1NC(=O)C1(C(=O)NC(C)(C)C)CC1. The highest BCUT2D eigenvalue weighted by atomic mass is 16.2. The van der Waals surface area contributed by atoms with E-state index >= 15 is 0 Å². The summed E-state index contributed by atoms with van der Waals surface area (Å²) in [6, 6.07) is 6.15. The molecule has 25 heavy (non-hydrogen) atoms. The van der Waals surface area contributed by atoms with Crippen LogP contribution in [0.2, 0.25) is 0 Å². The second kappa shape index (κ2) is 6.81. The zero-order valence-electron chi connectivity index (χ0n) is 16.6. The number of para-hydroxylation sites is 1. The summed E-state index contributed by atoms with van der Waals surface area (Å²) in [5, 5.41) is 6.08. The highest BCUT2D eigenvalue weighted by molar-refractivity contribution is 6.13. The lowest BCUT2D eigenvalue weighted by Gasteiger charge is -2.26. The van der Waals surface area contributed by atoms with E-state index in [0.29, 0.717) is 24.7 Å². The van der Waals surface area contributed by atoms with Gasteiger partial charge >= 0.3 is 0 Å². The lowest BCUT2D eigenvalue weighted by atomic mass is 9.92. The normalized spacial score (nSPS) is 16.0. The van der Waals surface area contributed by atoms with Crippen LogP contribution >= 0.6 is 0 Å². The fraction of sp³-hybridized carbons (Fsp3) is 0.619. The molecule has 2 N–H and O–H groups in total. The second-order valence-electron chi connectivity index (χ2n) is 8.86. The molecule has 0 heterocycles. The summed E-state index contributed by atoms with van der Waals surface area (Å²) < 4.78 is 0. The van der Waals surface area contributed by atoms with Gasteiger partial charge in [0.25, 0.3) is 0 Å². The minimum Gasteiger partial charge on any atom is -0.351 e. The van der Waals surface area contributed by atoms with Crippen LogP contribution in [0, 0.1) is 5.41 Å². The molecule has 4 nitrogen and oxygen atoms in total. The molecule has 0 aliphatic heterocycles. The van der Waals surface area contributed by atoms with Crippen LogP contribution in [0.15, 0.2) is 18.2 Å². The molecule has 1 aromatic rings. The van der Waals surface area contributed by atoms with Gasteiger partial charge in [-0.3, -0.25) is 9.59 Å². The molecule has 0 unspecified atom stereocenters. The van der Waals surface area contributed by atoms with Gasteiger partial charge in [-0.1, -0.05) is 45.9 Å². The number of amides is 2. The van der Waals surface area contributed by atoms with E-state index in [4.69, 9.17) is 0 Å². The number of carbonyl (C=O) groups is 2. The van der Waals surface area contributed by atoms with Crippen molar-refractivity contribution in [3.63, 3.8) is 0 Å². The summed E-state index contributed by atoms with van der Waals surface area (Å²) in [5.74, 6) is 0.259. The quantitative estimate of drug-likeness (QED) is 0.769. The molecule has 4 heteroatoms. The summed E-state index contributed by atoms with van der Waals surface area (Å²) in [6.07, 6.45) is 1.23. The Hall–Kier alpha value is -1.84. The first kappa shape index (κ1) is 19.5. The van der Waals surface area contributed by atoms with Crippen molar-refractivity contribution in [1.29, 1.82) is 0 Å². The van der Waals surface area contributed by atoms with E-state index in [1.165, 1.54) is 0 Å². The highest BCUT2D eigenvalue weighted by Gasteiger charge is 2.57. The molecule has 0 aromatic heterocycles. The number of hydrogen-bond acceptors (Lipinski definition) is 2. The molecule has 0 atom stereocenters. The molecule has 0 bridgehead atoms. The van der Waals surface area contributed by atoms with Gasteiger partial charge in [0, 0.05) is 11.2 Å². The molecule has 1 aromatic carbocycles. The molecule has 1 aliphatic rings. The molecule has 2 amide bonds. The van der Waals surface area contributed by atoms with Crippen molar-refractivity contribution in [2.45, 2.75) is 78.7 Å². The Bertz CT molecular complexity index is 639. The number of nitrogens with one attached hydrogen (secondary N) is 2. The number of carbonyl (C=O) groups excluding carboxylic acids is 2. The zero-order valence-corrected chi connectivity index (χ0v) is 16.6. The lowest BCUT2D eigenvalue weighted by molar-refractivity contribution is -0.135. The maximum absolute atomic E-state index is 13.0. The first-order chi connectivity index (χ1) is 11.5. The van der Waals surface area contributed by atoms with E-state index in [0.717, 1.165) is 16.8 Å². The van der Waals surface area contributed by atoms with Gasteiger partial charge in [-0.25, -0.2) is 0 Å². The minimum atomic E-state index is -0.911. The van der Waals surface area contributed by atoms with Crippen molar-refractivity contribution in [3.05, 3.63) is 29.3 Å². The maximum Gasteiger partial charge on any atom is 0.240 e. The van der Waals surface area contributed by atoms with E-state index in [-0.39, 0.29) is 17.4 Å². The molecular formula is C21H32N2O2. The molecule has 1 saturated carbocycles. The Morgan fingerprint density at radius 3 is 1.80 bits per heavy atom. The fourth-order valence-electron chi connectivity index (χ4n) is 3.07. The van der Waals surface area contributed by atoms with Gasteiger partial charge in [0.1, 0.15) is 5.41 Å². The van der Waals surface area contributed by atoms with Crippen molar-refractivity contribution in [2.75, 3.05) is 5.32 Å². The van der Waals surface area contributed by atoms with E-state index in [9.17, 15) is 9.59 Å². The van der Waals surface area contributed by atoms with Crippen molar-refractivity contribution < 1.29 is 9.59 Å². The van der Waals surface area contributed by atoms with Crippen LogP contribution in [0.1, 0.15) is 84.3 Å². The molecule has 0 saturated heterocycles. The van der Waals surface area contributed by atoms with Crippen LogP contribution in [0.4, 0.5) is 5.69 Å². The topological polar surface area (TPSA) is 58.2 Å². The molecule has 1 fully saturated rings. The predicted octanol–water partition coefficient (Wildman–Crippen LogP) is 4.57. The molecule has 0 radical (unpaired) electrons. The minimum absolute atomic E-state index is 0.161. The monoisotopic (exact) mass is 344 g/mol. The van der Waals surface area contributed by atoms with Crippen molar-refractivity contribution in [2.24, 2.45) is 5.41 Å². The van der Waals surface area contributed by atoms with E-state index in [1.807, 2.05) is 26.8 Å². The third-order valence-corrected chi connectivity index (χ3v) is 4.72. The van der Waals surface area contributed by atoms with Gasteiger partial charge in [-0.2, -0.15) is 0 Å². The number of hydrogen-bond donors (Lipinski definition) is 2. The van der Waals surface area contributed by atoms with Gasteiger partial charge < -0.3 is 10.6 Å². The van der Waals surface area contributed by atoms with Gasteiger partial charge in [0.15, 0.2) is 0 Å². The van der Waals surface area contributed by atoms with Crippen LogP contribution in [-0.2, 0) is 9.59 Å². The molecule has 2 rings (SSSR count). The smallest absolute Gasteiger partial charge is 0.240 e. The Morgan fingerprint density at radius 1 is 0.960 bits per heavy atom. The van der Waals surface area contributed by atoms with E-state index in [1.54, 1.807) is 0 Å². The van der Waals surface area contributed by atoms with E-state index in [2.05, 4.69) is 50.5 Å². The number of rotatable bonds is 5. The molecule has 138 valence electrons. The Morgan fingerprint density at radius 2 is 1.44 bits per heavy atom. The number of benzene rings is 1. The van der Waals surface area contributed by atoms with Gasteiger partial charge in [-0.15, -0.1) is 0 Å². The average molecular weight is 344 g/mol. The van der Waals surface area contributed by atoms with Gasteiger partial charge in [0.2, 0.25) is 11.8 Å². The second-order valence-corrected chi connectivity index (χ2v) is 8.86. The summed E-state index contributed by atoms with van der Waals surface area (Å²) in [6.45, 7) is 14.3. The zero-order chi connectivity index (χ0) is 19.0. The predicted molar refractivity (Wildman–Crippen MR) is 103 cm³/mol. The first-order valence-corrected chi connectivity index (χ1v) is 9.25. The van der Waals surface area contributed by atoms with E-state index < -0.39 is 5.41 Å². The lowest BCUT2D eigenvalue weighted by Crippen LogP contribution is -2.48. The first-order valence-electron chi connectivity index (χ1n) is 9.25. The largest absolute Gasteiger partial charge is 0.351 e. The van der Waals surface area contributed by atoms with Gasteiger partial charge in [-0.05, 0) is 56.6 Å². The maximum atomic E-state index is 13.0. The van der Waals surface area contributed by atoms with Crippen LogP contribution in [0.3, 0.4) is 0 Å².